The van der Waals surface area contributed by atoms with E-state index in [1.165, 1.54) is 23.9 Å². The van der Waals surface area contributed by atoms with Gasteiger partial charge in [-0.25, -0.2) is 4.39 Å². The Hall–Kier alpha value is -2.05. The second kappa shape index (κ2) is 11.5. The highest BCUT2D eigenvalue weighted by Crippen LogP contribution is 2.19. The molecule has 0 spiro atoms. The van der Waals surface area contributed by atoms with Crippen molar-refractivity contribution < 1.29 is 14.0 Å². The van der Waals surface area contributed by atoms with Crippen molar-refractivity contribution in [2.75, 3.05) is 5.75 Å². The molecule has 7 heteroatoms. The van der Waals surface area contributed by atoms with Gasteiger partial charge in [0.15, 0.2) is 0 Å². The topological polar surface area (TPSA) is 49.4 Å². The first-order chi connectivity index (χ1) is 14.6. The number of carbonyl (C=O) groups is 2. The van der Waals surface area contributed by atoms with Crippen LogP contribution in [0.4, 0.5) is 4.39 Å². The highest BCUT2D eigenvalue weighted by molar-refractivity contribution is 7.99. The average molecular weight is 465 g/mol. The average Bonchev–Trinajstić information content (AvgIpc) is 2.69. The van der Waals surface area contributed by atoms with Gasteiger partial charge in [-0.1, -0.05) is 42.8 Å². The highest BCUT2D eigenvalue weighted by atomic mass is 35.5. The molecule has 0 saturated carbocycles. The molecule has 0 radical (unpaired) electrons. The van der Waals surface area contributed by atoms with Gasteiger partial charge in [0.25, 0.3) is 0 Å². The van der Waals surface area contributed by atoms with Crippen molar-refractivity contribution in [2.24, 2.45) is 0 Å². The molecule has 0 unspecified atom stereocenters. The zero-order valence-corrected chi connectivity index (χ0v) is 20.0. The van der Waals surface area contributed by atoms with Gasteiger partial charge in [0.1, 0.15) is 11.9 Å². The standard InChI is InChI=1S/C24H30ClFN2O2S/c1-5-21(23(30)27-24(2,3)4)28(14-17-8-12-20(26)13-9-17)22(29)16-31-15-18-6-10-19(25)11-7-18/h6-13,21H,5,14-16H2,1-4H3,(H,27,30)/t21-/m0/s1. The van der Waals surface area contributed by atoms with Crippen molar-refractivity contribution in [2.45, 2.75) is 58.0 Å². The Balaban J connectivity index is 2.14. The molecule has 2 amide bonds. The van der Waals surface area contributed by atoms with Crippen molar-refractivity contribution in [1.29, 1.82) is 0 Å². The lowest BCUT2D eigenvalue weighted by Gasteiger charge is -2.33. The lowest BCUT2D eigenvalue weighted by Crippen LogP contribution is -2.53. The van der Waals surface area contributed by atoms with E-state index in [1.807, 2.05) is 52.0 Å². The van der Waals surface area contributed by atoms with Crippen LogP contribution in [-0.4, -0.2) is 34.0 Å². The van der Waals surface area contributed by atoms with Gasteiger partial charge in [0.2, 0.25) is 11.8 Å². The van der Waals surface area contributed by atoms with Crippen LogP contribution in [-0.2, 0) is 21.9 Å². The number of amides is 2. The normalized spacial score (nSPS) is 12.3. The van der Waals surface area contributed by atoms with Crippen LogP contribution in [0.15, 0.2) is 48.5 Å². The molecule has 4 nitrogen and oxygen atoms in total. The molecule has 1 atom stereocenters. The Morgan fingerprint density at radius 3 is 2.19 bits per heavy atom. The number of rotatable bonds is 9. The Kier molecular flexibility index (Phi) is 9.38. The van der Waals surface area contributed by atoms with Gasteiger partial charge in [-0.3, -0.25) is 9.59 Å². The zero-order valence-electron chi connectivity index (χ0n) is 18.5. The first-order valence-electron chi connectivity index (χ1n) is 10.3. The first-order valence-corrected chi connectivity index (χ1v) is 11.8. The summed E-state index contributed by atoms with van der Waals surface area (Å²) in [5.74, 6) is 0.256. The molecule has 0 aromatic heterocycles. The van der Waals surface area contributed by atoms with Crippen LogP contribution in [0.1, 0.15) is 45.2 Å². The van der Waals surface area contributed by atoms with E-state index in [4.69, 9.17) is 11.6 Å². The highest BCUT2D eigenvalue weighted by Gasteiger charge is 2.30. The maximum atomic E-state index is 13.3. The second-order valence-corrected chi connectivity index (χ2v) is 9.85. The maximum Gasteiger partial charge on any atom is 0.243 e. The summed E-state index contributed by atoms with van der Waals surface area (Å²) < 4.78 is 13.3. The van der Waals surface area contributed by atoms with Gasteiger partial charge in [-0.2, -0.15) is 0 Å². The largest absolute Gasteiger partial charge is 0.350 e. The van der Waals surface area contributed by atoms with Gasteiger partial charge in [0.05, 0.1) is 5.75 Å². The SMILES string of the molecule is CC[C@@H](C(=O)NC(C)(C)C)N(Cc1ccc(F)cc1)C(=O)CSCc1ccc(Cl)cc1. The molecule has 0 bridgehead atoms. The molecule has 0 aliphatic heterocycles. The van der Waals surface area contributed by atoms with Crippen LogP contribution in [0.2, 0.25) is 5.02 Å². The molecule has 31 heavy (non-hydrogen) atoms. The number of hydrogen-bond acceptors (Lipinski definition) is 3. The third-order valence-corrected chi connectivity index (χ3v) is 5.80. The summed E-state index contributed by atoms with van der Waals surface area (Å²) in [4.78, 5) is 27.7. The zero-order chi connectivity index (χ0) is 23.0. The third kappa shape index (κ3) is 8.54. The maximum absolute atomic E-state index is 13.3. The number of hydrogen-bond donors (Lipinski definition) is 1. The van der Waals surface area contributed by atoms with E-state index >= 15 is 0 Å². The Bertz CT molecular complexity index is 867. The fourth-order valence-electron chi connectivity index (χ4n) is 3.08. The Morgan fingerprint density at radius 2 is 1.65 bits per heavy atom. The molecule has 1 N–H and O–H groups in total. The number of halogens is 2. The van der Waals surface area contributed by atoms with E-state index in [9.17, 15) is 14.0 Å². The lowest BCUT2D eigenvalue weighted by molar-refractivity contribution is -0.140. The molecule has 0 fully saturated rings. The number of nitrogens with one attached hydrogen (secondary N) is 1. The lowest BCUT2D eigenvalue weighted by atomic mass is 10.1. The van der Waals surface area contributed by atoms with E-state index in [0.717, 1.165) is 11.1 Å². The summed E-state index contributed by atoms with van der Waals surface area (Å²) in [5.41, 5.74) is 1.45. The fourth-order valence-corrected chi connectivity index (χ4v) is 4.08. The molecule has 2 rings (SSSR count). The van der Waals surface area contributed by atoms with Crippen molar-refractivity contribution >= 4 is 35.2 Å². The molecule has 0 heterocycles. The van der Waals surface area contributed by atoms with Gasteiger partial charge >= 0.3 is 0 Å². The van der Waals surface area contributed by atoms with Gasteiger partial charge in [0, 0.05) is 22.9 Å². The molecule has 0 aliphatic carbocycles. The third-order valence-electron chi connectivity index (χ3n) is 4.56. The minimum absolute atomic E-state index is 0.126. The van der Waals surface area contributed by atoms with Crippen molar-refractivity contribution in [3.8, 4) is 0 Å². The Morgan fingerprint density at radius 1 is 1.06 bits per heavy atom. The summed E-state index contributed by atoms with van der Waals surface area (Å²) in [5, 5.41) is 3.65. The molecular weight excluding hydrogens is 435 g/mol. The number of benzene rings is 2. The van der Waals surface area contributed by atoms with Gasteiger partial charge < -0.3 is 10.2 Å². The fraction of sp³-hybridized carbons (Fsp3) is 0.417. The molecule has 2 aromatic carbocycles. The van der Waals surface area contributed by atoms with Crippen LogP contribution in [0, 0.1) is 5.82 Å². The van der Waals surface area contributed by atoms with Crippen molar-refractivity contribution in [3.63, 3.8) is 0 Å². The quantitative estimate of drug-likeness (QED) is 0.538. The van der Waals surface area contributed by atoms with E-state index in [2.05, 4.69) is 5.32 Å². The molecular formula is C24H30ClFN2O2S. The second-order valence-electron chi connectivity index (χ2n) is 8.43. The van der Waals surface area contributed by atoms with E-state index in [-0.39, 0.29) is 29.9 Å². The minimum Gasteiger partial charge on any atom is -0.350 e. The van der Waals surface area contributed by atoms with Crippen molar-refractivity contribution in [1.82, 2.24) is 10.2 Å². The smallest absolute Gasteiger partial charge is 0.243 e. The Labute approximate surface area is 193 Å². The van der Waals surface area contributed by atoms with Crippen LogP contribution < -0.4 is 5.32 Å². The van der Waals surface area contributed by atoms with E-state index in [0.29, 0.717) is 17.2 Å². The molecule has 168 valence electrons. The molecule has 2 aromatic rings. The van der Waals surface area contributed by atoms with Gasteiger partial charge in [-0.05, 0) is 62.6 Å². The van der Waals surface area contributed by atoms with Crippen LogP contribution in [0.5, 0.6) is 0 Å². The van der Waals surface area contributed by atoms with Crippen LogP contribution in [0.25, 0.3) is 0 Å². The van der Waals surface area contributed by atoms with Crippen LogP contribution >= 0.6 is 23.4 Å². The van der Waals surface area contributed by atoms with Gasteiger partial charge in [-0.15, -0.1) is 11.8 Å². The minimum atomic E-state index is -0.604. The molecule has 0 saturated heterocycles. The van der Waals surface area contributed by atoms with Crippen LogP contribution in [0.3, 0.4) is 0 Å². The summed E-state index contributed by atoms with van der Waals surface area (Å²) in [6.45, 7) is 7.86. The monoisotopic (exact) mass is 464 g/mol. The van der Waals surface area contributed by atoms with Crippen molar-refractivity contribution in [3.05, 3.63) is 70.5 Å². The number of thioether (sulfide) groups is 1. The van der Waals surface area contributed by atoms with E-state index in [1.54, 1.807) is 17.0 Å². The number of carbonyl (C=O) groups excluding carboxylic acids is 2. The summed E-state index contributed by atoms with van der Waals surface area (Å²) in [6.07, 6.45) is 0.483. The predicted molar refractivity (Wildman–Crippen MR) is 127 cm³/mol. The van der Waals surface area contributed by atoms with E-state index < -0.39 is 11.6 Å². The number of nitrogens with zero attached hydrogens (tertiary/aromatic N) is 1. The summed E-state index contributed by atoms with van der Waals surface area (Å²) >= 11 is 7.41. The summed E-state index contributed by atoms with van der Waals surface area (Å²) in [7, 11) is 0. The predicted octanol–water partition coefficient (Wildman–Crippen LogP) is 5.43. The molecule has 0 aliphatic rings. The first kappa shape index (κ1) is 25.2. The summed E-state index contributed by atoms with van der Waals surface area (Å²) in [6, 6.07) is 12.9.